The second kappa shape index (κ2) is 17.8. The van der Waals surface area contributed by atoms with Crippen LogP contribution in [-0.2, 0) is 9.59 Å². The molecule has 0 aromatic carbocycles. The molecule has 1 rings (SSSR count). The van der Waals surface area contributed by atoms with Gasteiger partial charge in [-0.3, -0.25) is 9.59 Å². The summed E-state index contributed by atoms with van der Waals surface area (Å²) in [5.74, 6) is -0.0800. The van der Waals surface area contributed by atoms with Gasteiger partial charge in [-0.05, 0) is 51.7 Å². The summed E-state index contributed by atoms with van der Waals surface area (Å²) >= 11 is 0. The van der Waals surface area contributed by atoms with Crippen molar-refractivity contribution in [3.63, 3.8) is 0 Å². The maximum atomic E-state index is 10.6. The van der Waals surface area contributed by atoms with Gasteiger partial charge >= 0.3 is 11.9 Å². The first-order valence-corrected chi connectivity index (χ1v) is 12.1. The number of nitrogens with one attached hydrogen (secondary N) is 3. The van der Waals surface area contributed by atoms with Crippen molar-refractivity contribution in [2.75, 3.05) is 55.2 Å². The molecule has 33 heavy (non-hydrogen) atoms. The number of anilines is 3. The highest BCUT2D eigenvalue weighted by Crippen LogP contribution is 2.11. The van der Waals surface area contributed by atoms with Gasteiger partial charge in [0.05, 0.1) is 0 Å². The number of rotatable bonds is 21. The number of nitrogens with zero attached hydrogens (tertiary/aromatic N) is 4. The number of aromatic nitrogens is 3. The molecule has 0 fully saturated rings. The number of hydrogen-bond acceptors (Lipinski definition) is 9. The molecule has 188 valence electrons. The predicted molar refractivity (Wildman–Crippen MR) is 130 cm³/mol. The maximum absolute atomic E-state index is 10.6. The van der Waals surface area contributed by atoms with Crippen LogP contribution >= 0.6 is 0 Å². The molecular weight excluding hydrogens is 426 g/mol. The Kier molecular flexibility index (Phi) is 15.3. The highest BCUT2D eigenvalue weighted by atomic mass is 16.4. The van der Waals surface area contributed by atoms with Gasteiger partial charge in [-0.25, -0.2) is 0 Å². The molecule has 0 amide bonds. The molecule has 5 N–H and O–H groups in total. The zero-order chi connectivity index (χ0) is 24.3. The third-order valence-electron chi connectivity index (χ3n) is 5.17. The summed E-state index contributed by atoms with van der Waals surface area (Å²) in [5, 5.41) is 27.1. The van der Waals surface area contributed by atoms with E-state index in [1.807, 2.05) is 0 Å². The number of carboxylic acid groups (broad SMARTS) is 2. The minimum absolute atomic E-state index is 0.188. The van der Waals surface area contributed by atoms with Crippen molar-refractivity contribution in [2.45, 2.75) is 71.6 Å². The van der Waals surface area contributed by atoms with Crippen LogP contribution in [0.1, 0.15) is 71.6 Å². The third kappa shape index (κ3) is 14.9. The van der Waals surface area contributed by atoms with Gasteiger partial charge in [0.2, 0.25) is 17.8 Å². The van der Waals surface area contributed by atoms with E-state index in [9.17, 15) is 9.59 Å². The van der Waals surface area contributed by atoms with Gasteiger partial charge < -0.3 is 31.1 Å². The molecule has 11 heteroatoms. The lowest BCUT2D eigenvalue weighted by Crippen LogP contribution is -2.25. The zero-order valence-electron chi connectivity index (χ0n) is 20.1. The Bertz CT molecular complexity index is 642. The van der Waals surface area contributed by atoms with E-state index in [0.717, 1.165) is 58.3 Å². The van der Waals surface area contributed by atoms with Crippen LogP contribution in [0.5, 0.6) is 0 Å². The molecule has 0 spiro atoms. The Morgan fingerprint density at radius 1 is 0.667 bits per heavy atom. The average molecular weight is 468 g/mol. The normalized spacial score (nSPS) is 10.9. The SMILES string of the molecule is CCN(CC)CCCNc1nc(NCCCCCC(=O)O)nc(NCCCCCC(=O)O)n1. The van der Waals surface area contributed by atoms with Crippen molar-refractivity contribution in [1.82, 2.24) is 19.9 Å². The Balaban J connectivity index is 2.55. The molecule has 0 saturated heterocycles. The van der Waals surface area contributed by atoms with Gasteiger partial charge in [-0.2, -0.15) is 15.0 Å². The topological polar surface area (TPSA) is 153 Å². The zero-order valence-corrected chi connectivity index (χ0v) is 20.1. The summed E-state index contributed by atoms with van der Waals surface area (Å²) in [7, 11) is 0. The Morgan fingerprint density at radius 2 is 1.06 bits per heavy atom. The molecule has 1 aromatic heterocycles. The van der Waals surface area contributed by atoms with E-state index in [0.29, 0.717) is 43.8 Å². The van der Waals surface area contributed by atoms with Gasteiger partial charge in [0.15, 0.2) is 0 Å². The van der Waals surface area contributed by atoms with Crippen molar-refractivity contribution in [2.24, 2.45) is 0 Å². The summed E-state index contributed by atoms with van der Waals surface area (Å²) in [6.45, 7) is 9.44. The van der Waals surface area contributed by atoms with Crippen LogP contribution in [0.3, 0.4) is 0 Å². The van der Waals surface area contributed by atoms with Gasteiger partial charge in [0, 0.05) is 32.5 Å². The fourth-order valence-corrected chi connectivity index (χ4v) is 3.21. The van der Waals surface area contributed by atoms with Crippen molar-refractivity contribution >= 4 is 29.8 Å². The van der Waals surface area contributed by atoms with Gasteiger partial charge in [-0.1, -0.05) is 26.7 Å². The van der Waals surface area contributed by atoms with E-state index in [1.165, 1.54) is 0 Å². The summed E-state index contributed by atoms with van der Waals surface area (Å²) in [6, 6.07) is 0. The first-order valence-electron chi connectivity index (χ1n) is 12.1. The van der Waals surface area contributed by atoms with Crippen LogP contribution in [0.15, 0.2) is 0 Å². The van der Waals surface area contributed by atoms with Crippen molar-refractivity contribution in [1.29, 1.82) is 0 Å². The monoisotopic (exact) mass is 467 g/mol. The largest absolute Gasteiger partial charge is 0.481 e. The molecule has 0 unspecified atom stereocenters. The number of aliphatic carboxylic acids is 2. The van der Waals surface area contributed by atoms with E-state index in [1.54, 1.807) is 0 Å². The quantitative estimate of drug-likeness (QED) is 0.169. The minimum Gasteiger partial charge on any atom is -0.481 e. The lowest BCUT2D eigenvalue weighted by atomic mass is 10.2. The van der Waals surface area contributed by atoms with Crippen molar-refractivity contribution in [3.8, 4) is 0 Å². The molecule has 0 aliphatic rings. The van der Waals surface area contributed by atoms with E-state index >= 15 is 0 Å². The Morgan fingerprint density at radius 3 is 1.42 bits per heavy atom. The fraction of sp³-hybridized carbons (Fsp3) is 0.773. The van der Waals surface area contributed by atoms with E-state index < -0.39 is 11.9 Å². The van der Waals surface area contributed by atoms with Crippen LogP contribution < -0.4 is 16.0 Å². The second-order valence-corrected chi connectivity index (χ2v) is 7.88. The maximum Gasteiger partial charge on any atom is 0.303 e. The lowest BCUT2D eigenvalue weighted by Gasteiger charge is -2.17. The van der Waals surface area contributed by atoms with E-state index in [2.05, 4.69) is 49.6 Å². The number of carbonyl (C=O) groups is 2. The van der Waals surface area contributed by atoms with E-state index in [4.69, 9.17) is 10.2 Å². The minimum atomic E-state index is -0.768. The average Bonchev–Trinajstić information content (AvgIpc) is 2.78. The molecule has 1 heterocycles. The summed E-state index contributed by atoms with van der Waals surface area (Å²) in [4.78, 5) is 36.9. The van der Waals surface area contributed by atoms with Crippen molar-refractivity contribution in [3.05, 3.63) is 0 Å². The first-order chi connectivity index (χ1) is 15.9. The molecule has 0 bridgehead atoms. The molecule has 0 atom stereocenters. The van der Waals surface area contributed by atoms with Gasteiger partial charge in [0.1, 0.15) is 0 Å². The number of carboxylic acids is 2. The van der Waals surface area contributed by atoms with Crippen molar-refractivity contribution < 1.29 is 19.8 Å². The molecule has 0 saturated carbocycles. The van der Waals surface area contributed by atoms with Crippen LogP contribution in [0.4, 0.5) is 17.8 Å². The van der Waals surface area contributed by atoms with Gasteiger partial charge in [-0.15, -0.1) is 0 Å². The number of unbranched alkanes of at least 4 members (excludes halogenated alkanes) is 4. The third-order valence-corrected chi connectivity index (χ3v) is 5.17. The lowest BCUT2D eigenvalue weighted by molar-refractivity contribution is -0.138. The van der Waals surface area contributed by atoms with Gasteiger partial charge in [0.25, 0.3) is 0 Å². The molecule has 0 radical (unpaired) electrons. The standard InChI is InChI=1S/C22H41N7O4/c1-3-29(4-2)17-11-16-25-22-27-20(23-14-9-5-7-12-18(30)31)26-21(28-22)24-15-10-6-8-13-19(32)33/h3-17H2,1-2H3,(H,30,31)(H,32,33)(H3,23,24,25,26,27,28). The molecule has 1 aromatic rings. The first kappa shape index (κ1) is 28.3. The molecule has 0 aliphatic heterocycles. The molecule has 11 nitrogen and oxygen atoms in total. The van der Waals surface area contributed by atoms with Crippen LogP contribution in [0.25, 0.3) is 0 Å². The van der Waals surface area contributed by atoms with Crippen LogP contribution in [-0.4, -0.2) is 81.3 Å². The van der Waals surface area contributed by atoms with Crippen LogP contribution in [0.2, 0.25) is 0 Å². The Hall–Kier alpha value is -2.69. The predicted octanol–water partition coefficient (Wildman–Crippen LogP) is 3.13. The molecule has 0 aliphatic carbocycles. The van der Waals surface area contributed by atoms with E-state index in [-0.39, 0.29) is 12.8 Å². The smallest absolute Gasteiger partial charge is 0.303 e. The highest BCUT2D eigenvalue weighted by molar-refractivity contribution is 5.66. The summed E-state index contributed by atoms with van der Waals surface area (Å²) in [6.07, 6.45) is 5.97. The summed E-state index contributed by atoms with van der Waals surface area (Å²) in [5.41, 5.74) is 0. The fourth-order valence-electron chi connectivity index (χ4n) is 3.21. The second-order valence-electron chi connectivity index (χ2n) is 7.88. The molecular formula is C22H41N7O4. The van der Waals surface area contributed by atoms with Crippen LogP contribution in [0, 0.1) is 0 Å². The number of hydrogen-bond donors (Lipinski definition) is 5. The summed E-state index contributed by atoms with van der Waals surface area (Å²) < 4.78 is 0. The Labute approximate surface area is 196 Å². The highest BCUT2D eigenvalue weighted by Gasteiger charge is 2.07.